The van der Waals surface area contributed by atoms with Crippen molar-refractivity contribution in [1.82, 2.24) is 0 Å². The van der Waals surface area contributed by atoms with E-state index in [1.54, 1.807) is 0 Å². The van der Waals surface area contributed by atoms with Gasteiger partial charge in [-0.3, -0.25) is 0 Å². The molecule has 0 heterocycles. The zero-order valence-corrected chi connectivity index (χ0v) is 5.09. The van der Waals surface area contributed by atoms with Gasteiger partial charge in [-0.2, -0.15) is 0 Å². The number of hydrogen-bond donors (Lipinski definition) is 4. The van der Waals surface area contributed by atoms with Crippen molar-refractivity contribution in [3.63, 3.8) is 0 Å². The number of guanidine groups is 1. The summed E-state index contributed by atoms with van der Waals surface area (Å²) >= 11 is 1.94. The van der Waals surface area contributed by atoms with Gasteiger partial charge in [0, 0.05) is 0 Å². The minimum atomic E-state index is -0.0926. The van der Waals surface area contributed by atoms with E-state index in [1.807, 2.05) is 16.3 Å². The molecular weight excluding hydrogens is 164 g/mol. The van der Waals surface area contributed by atoms with E-state index in [0.717, 1.165) is 0 Å². The molecule has 7 N–H and O–H groups in total. The third kappa shape index (κ3) is 29.8. The molecule has 0 spiro atoms. The highest BCUT2D eigenvalue weighted by molar-refractivity contribution is 9.05. The normalized spacial score (nSPS) is 5.43. The van der Waals surface area contributed by atoms with Gasteiger partial charge >= 0.3 is 0 Å². The van der Waals surface area contributed by atoms with Crippen molar-refractivity contribution in [2.24, 2.45) is 22.4 Å². The second-order valence-electron chi connectivity index (χ2n) is 0.554. The lowest BCUT2D eigenvalue weighted by Gasteiger charge is -1.76. The molecule has 0 radical (unpaired) electrons. The fraction of sp³-hybridized carbons (Fsp3) is 0. The maximum Gasteiger partial charge on any atom is 0.208 e. The summed E-state index contributed by atoms with van der Waals surface area (Å²) in [5.41, 5.74) is 9.39. The molecule has 0 aliphatic rings. The molecule has 0 aliphatic carbocycles. The molecule has 0 saturated carbocycles. The van der Waals surface area contributed by atoms with Gasteiger partial charge in [0.2, 0.25) is 5.96 Å². The van der Waals surface area contributed by atoms with Gasteiger partial charge in [0.25, 0.3) is 0 Å². The van der Waals surface area contributed by atoms with E-state index >= 15 is 0 Å². The summed E-state index contributed by atoms with van der Waals surface area (Å²) in [6, 6.07) is 0. The van der Waals surface area contributed by atoms with E-state index in [0.29, 0.717) is 0 Å². The standard InChI is InChI=1S/CH6N4.BrHO/c2-1(3)5-4;1-2/h4H2,(H4,2,3,5);2H. The molecule has 0 saturated heterocycles. The Morgan fingerprint density at radius 2 is 1.57 bits per heavy atom. The molecule has 0 atom stereocenters. The van der Waals surface area contributed by atoms with Crippen molar-refractivity contribution in [3.8, 4) is 0 Å². The summed E-state index contributed by atoms with van der Waals surface area (Å²) in [5.74, 6) is 4.42. The van der Waals surface area contributed by atoms with Crippen LogP contribution in [0.5, 0.6) is 0 Å². The summed E-state index contributed by atoms with van der Waals surface area (Å²) in [5, 5.41) is 2.86. The largest absolute Gasteiger partial charge is 0.369 e. The number of hydrogen-bond acceptors (Lipinski definition) is 3. The average molecular weight is 171 g/mol. The van der Waals surface area contributed by atoms with E-state index in [2.05, 4.69) is 10.9 Å². The maximum atomic E-state index is 6.81. The molecule has 0 aliphatic heterocycles. The third-order valence-corrected chi connectivity index (χ3v) is 0.149. The monoisotopic (exact) mass is 170 g/mol. The van der Waals surface area contributed by atoms with Crippen molar-refractivity contribution in [2.75, 3.05) is 0 Å². The molecule has 7 heavy (non-hydrogen) atoms. The smallest absolute Gasteiger partial charge is 0.208 e. The quantitative estimate of drug-likeness (QED) is 0.152. The van der Waals surface area contributed by atoms with Crippen LogP contribution in [0.3, 0.4) is 0 Å². The van der Waals surface area contributed by atoms with Gasteiger partial charge in [-0.05, 0) is 0 Å². The summed E-state index contributed by atoms with van der Waals surface area (Å²) in [7, 11) is 0. The minimum Gasteiger partial charge on any atom is -0.369 e. The Kier molecular flexibility index (Phi) is 12.6. The predicted octanol–water partition coefficient (Wildman–Crippen LogP) is -1.58. The molecule has 0 fully saturated rings. The van der Waals surface area contributed by atoms with E-state index in [9.17, 15) is 0 Å². The van der Waals surface area contributed by atoms with Crippen LogP contribution in [-0.4, -0.2) is 10.2 Å². The van der Waals surface area contributed by atoms with Gasteiger partial charge in [-0.15, -0.1) is 5.10 Å². The number of halogens is 1. The highest BCUT2D eigenvalue weighted by Crippen LogP contribution is 1.43. The molecule has 0 aromatic rings. The van der Waals surface area contributed by atoms with Gasteiger partial charge in [0.1, 0.15) is 0 Å². The fourth-order valence-corrected chi connectivity index (χ4v) is 0. The Morgan fingerprint density at radius 1 is 1.43 bits per heavy atom. The Morgan fingerprint density at radius 3 is 1.57 bits per heavy atom. The zero-order chi connectivity index (χ0) is 6.28. The molecule has 44 valence electrons. The van der Waals surface area contributed by atoms with Crippen molar-refractivity contribution >= 4 is 22.2 Å². The van der Waals surface area contributed by atoms with Crippen LogP contribution in [0.4, 0.5) is 0 Å². The molecule has 0 bridgehead atoms. The summed E-state index contributed by atoms with van der Waals surface area (Å²) in [6.45, 7) is 0. The van der Waals surface area contributed by atoms with Gasteiger partial charge in [-0.25, -0.2) is 0 Å². The number of nitrogens with zero attached hydrogens (tertiary/aromatic N) is 1. The second kappa shape index (κ2) is 9.10. The first-order valence-electron chi connectivity index (χ1n) is 1.23. The van der Waals surface area contributed by atoms with Crippen molar-refractivity contribution < 1.29 is 4.20 Å². The molecule has 0 aromatic heterocycles. The highest BCUT2D eigenvalue weighted by Gasteiger charge is 1.62. The zero-order valence-electron chi connectivity index (χ0n) is 3.50. The maximum absolute atomic E-state index is 6.81. The molecule has 0 amide bonds. The second-order valence-corrected chi connectivity index (χ2v) is 0.554. The Labute approximate surface area is 49.6 Å². The van der Waals surface area contributed by atoms with Crippen LogP contribution in [0.15, 0.2) is 5.10 Å². The number of nitrogens with two attached hydrogens (primary N) is 3. The summed E-state index contributed by atoms with van der Waals surface area (Å²) in [6.07, 6.45) is 0. The summed E-state index contributed by atoms with van der Waals surface area (Å²) in [4.78, 5) is 0. The van der Waals surface area contributed by atoms with Crippen LogP contribution < -0.4 is 17.3 Å². The van der Waals surface area contributed by atoms with E-state index in [-0.39, 0.29) is 5.96 Å². The number of hydrazone groups is 1. The van der Waals surface area contributed by atoms with Crippen LogP contribution in [0, 0.1) is 0 Å². The lowest BCUT2D eigenvalue weighted by Crippen LogP contribution is -2.23. The first-order valence-corrected chi connectivity index (χ1v) is 1.94. The summed E-state index contributed by atoms with van der Waals surface area (Å²) < 4.78 is 6.81. The van der Waals surface area contributed by atoms with Crippen LogP contribution >= 0.6 is 16.3 Å². The molecule has 0 rings (SSSR count). The lowest BCUT2D eigenvalue weighted by atomic mass is 11.1. The molecular formula is CH7BrN4O. The third-order valence-electron chi connectivity index (χ3n) is 0.149. The molecule has 6 heteroatoms. The number of rotatable bonds is 0. The van der Waals surface area contributed by atoms with Crippen molar-refractivity contribution in [3.05, 3.63) is 0 Å². The van der Waals surface area contributed by atoms with E-state index < -0.39 is 0 Å². The predicted molar refractivity (Wildman–Crippen MR) is 31.1 cm³/mol. The lowest BCUT2D eigenvalue weighted by molar-refractivity contribution is 0.702. The van der Waals surface area contributed by atoms with Gasteiger partial charge in [0.15, 0.2) is 0 Å². The van der Waals surface area contributed by atoms with E-state index in [1.165, 1.54) is 0 Å². The van der Waals surface area contributed by atoms with Crippen LogP contribution in [0.25, 0.3) is 0 Å². The minimum absolute atomic E-state index is 0.0926. The topological polar surface area (TPSA) is 111 Å². The van der Waals surface area contributed by atoms with Crippen LogP contribution in [0.2, 0.25) is 0 Å². The van der Waals surface area contributed by atoms with Crippen LogP contribution in [-0.2, 0) is 0 Å². The molecule has 0 aromatic carbocycles. The first-order chi connectivity index (χ1) is 3.27. The SMILES string of the molecule is NN=C(N)N.OBr. The van der Waals surface area contributed by atoms with Gasteiger partial charge in [0.05, 0.1) is 16.3 Å². The van der Waals surface area contributed by atoms with Crippen LogP contribution in [0.1, 0.15) is 0 Å². The Balaban J connectivity index is 0. The Bertz CT molecular complexity index is 49.7. The van der Waals surface area contributed by atoms with Gasteiger partial charge < -0.3 is 21.5 Å². The van der Waals surface area contributed by atoms with Crippen molar-refractivity contribution in [1.29, 1.82) is 0 Å². The Hall–Kier alpha value is -0.490. The van der Waals surface area contributed by atoms with Gasteiger partial charge in [-0.1, -0.05) is 0 Å². The highest BCUT2D eigenvalue weighted by atomic mass is 79.9. The van der Waals surface area contributed by atoms with E-state index in [4.69, 9.17) is 15.7 Å². The molecule has 0 unspecified atom stereocenters. The average Bonchev–Trinajstić information content (AvgIpc) is 1.73. The fourth-order valence-electron chi connectivity index (χ4n) is 0. The van der Waals surface area contributed by atoms with Crippen molar-refractivity contribution in [2.45, 2.75) is 0 Å². The first kappa shape index (κ1) is 9.72. The molecule has 5 nitrogen and oxygen atoms in total.